The highest BCUT2D eigenvalue weighted by Gasteiger charge is 2.14. The van der Waals surface area contributed by atoms with Crippen molar-refractivity contribution in [2.45, 2.75) is 0 Å². The van der Waals surface area contributed by atoms with Crippen LogP contribution in [-0.4, -0.2) is 15.2 Å². The van der Waals surface area contributed by atoms with Gasteiger partial charge in [0.05, 0.1) is 0 Å². The van der Waals surface area contributed by atoms with E-state index in [1.165, 1.54) is 0 Å². The lowest BCUT2D eigenvalue weighted by Crippen LogP contribution is -2.00. The van der Waals surface area contributed by atoms with Gasteiger partial charge in [0.25, 0.3) is 0 Å². The second kappa shape index (κ2) is 6.53. The molecule has 0 aliphatic rings. The molecule has 1 aromatic heterocycles. The van der Waals surface area contributed by atoms with Crippen LogP contribution in [0.15, 0.2) is 84.9 Å². The van der Waals surface area contributed by atoms with Crippen LogP contribution in [0.3, 0.4) is 0 Å². The molecule has 3 aromatic carbocycles. The van der Waals surface area contributed by atoms with Crippen molar-refractivity contribution in [3.05, 3.63) is 84.9 Å². The van der Waals surface area contributed by atoms with Gasteiger partial charge in [-0.05, 0) is 12.1 Å². The summed E-state index contributed by atoms with van der Waals surface area (Å²) in [5.74, 6) is 0.561. The van der Waals surface area contributed by atoms with Gasteiger partial charge in [0.2, 0.25) is 0 Å². The average Bonchev–Trinajstić information content (AvgIpc) is 2.69. The van der Waals surface area contributed by atoms with Crippen LogP contribution in [0.2, 0.25) is 0 Å². The van der Waals surface area contributed by atoms with Crippen LogP contribution in [0.25, 0.3) is 33.9 Å². The molecule has 4 heteroatoms. The molecule has 120 valence electrons. The summed E-state index contributed by atoms with van der Waals surface area (Å²) >= 11 is 0. The molecular formula is C21H16N4. The first-order valence-electron chi connectivity index (χ1n) is 8.03. The van der Waals surface area contributed by atoms with Gasteiger partial charge in [0.15, 0.2) is 5.82 Å². The second-order valence-electron chi connectivity index (χ2n) is 5.69. The highest BCUT2D eigenvalue weighted by atomic mass is 15.2. The van der Waals surface area contributed by atoms with Crippen LogP contribution in [0, 0.1) is 0 Å². The molecular weight excluding hydrogens is 308 g/mol. The van der Waals surface area contributed by atoms with Crippen molar-refractivity contribution in [2.75, 3.05) is 5.73 Å². The van der Waals surface area contributed by atoms with E-state index >= 15 is 0 Å². The topological polar surface area (TPSA) is 64.7 Å². The lowest BCUT2D eigenvalue weighted by atomic mass is 10.0. The van der Waals surface area contributed by atoms with E-state index in [2.05, 4.69) is 10.2 Å². The summed E-state index contributed by atoms with van der Waals surface area (Å²) < 4.78 is 0. The van der Waals surface area contributed by atoms with Gasteiger partial charge < -0.3 is 5.73 Å². The Labute approximate surface area is 146 Å². The lowest BCUT2D eigenvalue weighted by molar-refractivity contribution is 0.992. The first-order valence-corrected chi connectivity index (χ1v) is 8.03. The Hall–Kier alpha value is -3.53. The van der Waals surface area contributed by atoms with Crippen molar-refractivity contribution < 1.29 is 0 Å². The zero-order chi connectivity index (χ0) is 17.1. The molecule has 0 aliphatic carbocycles. The fourth-order valence-electron chi connectivity index (χ4n) is 2.71. The molecule has 4 rings (SSSR count). The highest BCUT2D eigenvalue weighted by molar-refractivity contribution is 5.78. The fraction of sp³-hybridized carbons (Fsp3) is 0. The summed E-state index contributed by atoms with van der Waals surface area (Å²) in [5.41, 5.74) is 11.0. The molecule has 0 bridgehead atoms. The summed E-state index contributed by atoms with van der Waals surface area (Å²) in [6, 6.07) is 27.5. The van der Waals surface area contributed by atoms with Crippen LogP contribution in [0.4, 0.5) is 5.69 Å². The van der Waals surface area contributed by atoms with E-state index in [1.807, 2.05) is 84.9 Å². The van der Waals surface area contributed by atoms with Crippen molar-refractivity contribution in [1.29, 1.82) is 0 Å². The van der Waals surface area contributed by atoms with E-state index in [9.17, 15) is 0 Å². The van der Waals surface area contributed by atoms with Crippen LogP contribution < -0.4 is 5.73 Å². The molecule has 0 aliphatic heterocycles. The third kappa shape index (κ3) is 3.10. The third-order valence-corrected chi connectivity index (χ3v) is 3.93. The molecule has 0 saturated heterocycles. The van der Waals surface area contributed by atoms with Crippen LogP contribution >= 0.6 is 0 Å². The number of anilines is 1. The molecule has 25 heavy (non-hydrogen) atoms. The SMILES string of the molecule is Nc1cccc(-c2nnc(-c3ccccc3)c(-c3ccccc3)n2)c1. The van der Waals surface area contributed by atoms with E-state index in [1.54, 1.807) is 0 Å². The predicted octanol–water partition coefficient (Wildman–Crippen LogP) is 4.45. The third-order valence-electron chi connectivity index (χ3n) is 3.93. The van der Waals surface area contributed by atoms with Crippen LogP contribution in [0.5, 0.6) is 0 Å². The quantitative estimate of drug-likeness (QED) is 0.565. The number of nitrogens with two attached hydrogens (primary N) is 1. The Morgan fingerprint density at radius 1 is 0.560 bits per heavy atom. The normalized spacial score (nSPS) is 10.6. The van der Waals surface area contributed by atoms with Gasteiger partial charge in [-0.3, -0.25) is 0 Å². The van der Waals surface area contributed by atoms with E-state index in [-0.39, 0.29) is 0 Å². The molecule has 2 N–H and O–H groups in total. The van der Waals surface area contributed by atoms with E-state index in [0.717, 1.165) is 28.1 Å². The zero-order valence-electron chi connectivity index (χ0n) is 13.5. The van der Waals surface area contributed by atoms with Crippen molar-refractivity contribution in [1.82, 2.24) is 15.2 Å². The monoisotopic (exact) mass is 324 g/mol. The summed E-state index contributed by atoms with van der Waals surface area (Å²) in [6.07, 6.45) is 0. The van der Waals surface area contributed by atoms with Crippen molar-refractivity contribution in [2.24, 2.45) is 0 Å². The first kappa shape index (κ1) is 15.0. The molecule has 0 saturated carbocycles. The maximum absolute atomic E-state index is 5.89. The number of benzene rings is 3. The van der Waals surface area contributed by atoms with Crippen molar-refractivity contribution in [3.8, 4) is 33.9 Å². The largest absolute Gasteiger partial charge is 0.399 e. The highest BCUT2D eigenvalue weighted by Crippen LogP contribution is 2.30. The Morgan fingerprint density at radius 3 is 1.80 bits per heavy atom. The van der Waals surface area contributed by atoms with E-state index in [4.69, 9.17) is 10.7 Å². The molecule has 4 aromatic rings. The first-order chi connectivity index (χ1) is 12.3. The molecule has 0 radical (unpaired) electrons. The van der Waals surface area contributed by atoms with Crippen LogP contribution in [0.1, 0.15) is 0 Å². The minimum Gasteiger partial charge on any atom is -0.399 e. The maximum atomic E-state index is 5.89. The molecule has 1 heterocycles. The average molecular weight is 324 g/mol. The van der Waals surface area contributed by atoms with Gasteiger partial charge in [-0.15, -0.1) is 10.2 Å². The minimum atomic E-state index is 0.561. The van der Waals surface area contributed by atoms with Gasteiger partial charge in [-0.25, -0.2) is 4.98 Å². The van der Waals surface area contributed by atoms with Gasteiger partial charge in [0, 0.05) is 22.4 Å². The molecule has 0 amide bonds. The van der Waals surface area contributed by atoms with Gasteiger partial charge in [-0.1, -0.05) is 72.8 Å². The number of nitrogen functional groups attached to an aromatic ring is 1. The zero-order valence-corrected chi connectivity index (χ0v) is 13.5. The Morgan fingerprint density at radius 2 is 1.16 bits per heavy atom. The van der Waals surface area contributed by atoms with Crippen molar-refractivity contribution in [3.63, 3.8) is 0 Å². The van der Waals surface area contributed by atoms with E-state index < -0.39 is 0 Å². The Kier molecular flexibility index (Phi) is 3.92. The minimum absolute atomic E-state index is 0.561. The number of aromatic nitrogens is 3. The fourth-order valence-corrected chi connectivity index (χ4v) is 2.71. The van der Waals surface area contributed by atoms with Gasteiger partial charge in [-0.2, -0.15) is 0 Å². The number of hydrogen-bond acceptors (Lipinski definition) is 4. The van der Waals surface area contributed by atoms with Gasteiger partial charge >= 0.3 is 0 Å². The number of rotatable bonds is 3. The molecule has 0 atom stereocenters. The Bertz CT molecular complexity index is 999. The smallest absolute Gasteiger partial charge is 0.182 e. The molecule has 4 nitrogen and oxygen atoms in total. The van der Waals surface area contributed by atoms with Crippen molar-refractivity contribution >= 4 is 5.69 Å². The second-order valence-corrected chi connectivity index (χ2v) is 5.69. The summed E-state index contributed by atoms with van der Waals surface area (Å²) in [4.78, 5) is 4.80. The number of nitrogens with zero attached hydrogens (tertiary/aromatic N) is 3. The van der Waals surface area contributed by atoms with Crippen LogP contribution in [-0.2, 0) is 0 Å². The number of hydrogen-bond donors (Lipinski definition) is 1. The maximum Gasteiger partial charge on any atom is 0.182 e. The summed E-state index contributed by atoms with van der Waals surface area (Å²) in [6.45, 7) is 0. The molecule has 0 spiro atoms. The molecule has 0 unspecified atom stereocenters. The van der Waals surface area contributed by atoms with E-state index in [0.29, 0.717) is 11.5 Å². The predicted molar refractivity (Wildman–Crippen MR) is 101 cm³/mol. The van der Waals surface area contributed by atoms with Gasteiger partial charge in [0.1, 0.15) is 11.4 Å². The summed E-state index contributed by atoms with van der Waals surface area (Å²) in [5, 5.41) is 8.81. The standard InChI is InChI=1S/C21H16N4/c22-18-13-7-12-17(14-18)21-23-19(15-8-3-1-4-9-15)20(24-25-21)16-10-5-2-6-11-16/h1-14H,22H2. The lowest BCUT2D eigenvalue weighted by Gasteiger charge is -2.10. The molecule has 0 fully saturated rings. The summed E-state index contributed by atoms with van der Waals surface area (Å²) in [7, 11) is 0. The Balaban J connectivity index is 1.92.